The van der Waals surface area contributed by atoms with Crippen molar-refractivity contribution in [3.05, 3.63) is 41.2 Å². The molecule has 1 aromatic heterocycles. The number of hydrogen-bond donors (Lipinski definition) is 4. The number of aliphatic hydroxyl groups excluding tert-OH is 1. The molecule has 0 radical (unpaired) electrons. The summed E-state index contributed by atoms with van der Waals surface area (Å²) >= 11 is 6.29. The number of fused-ring (bicyclic) bond motifs is 1. The minimum atomic E-state index is -3.86. The van der Waals surface area contributed by atoms with E-state index in [4.69, 9.17) is 17.3 Å². The molecule has 7 nitrogen and oxygen atoms in total. The number of H-pyrrole nitrogens is 1. The molecule has 10 heteroatoms. The molecule has 1 saturated carbocycles. The standard InChI is InChI=1S/C18H18ClFN4O3S/c19-12-8-9(28(26,27)24-13-2-1-3-15(13)25)4-5-10(12)11-6-7-14-16(17(11)20)18(21)23-22-14/h4-8,13,15,24-25H,1-3H2,(H3,21,22,23). The van der Waals surface area contributed by atoms with Crippen molar-refractivity contribution in [2.24, 2.45) is 0 Å². The Bertz CT molecular complexity index is 1170. The number of sulfonamides is 1. The van der Waals surface area contributed by atoms with E-state index in [0.29, 0.717) is 23.9 Å². The molecule has 2 unspecified atom stereocenters. The highest BCUT2D eigenvalue weighted by molar-refractivity contribution is 7.89. The van der Waals surface area contributed by atoms with E-state index in [1.807, 2.05) is 0 Å². The van der Waals surface area contributed by atoms with Crippen LogP contribution in [0.25, 0.3) is 22.0 Å². The Labute approximate surface area is 165 Å². The minimum Gasteiger partial charge on any atom is -0.391 e. The number of nitrogens with zero attached hydrogens (tertiary/aromatic N) is 1. The molecule has 1 aliphatic carbocycles. The van der Waals surface area contributed by atoms with E-state index in [1.54, 1.807) is 6.07 Å². The van der Waals surface area contributed by atoms with Crippen LogP contribution in [0.4, 0.5) is 10.2 Å². The molecule has 28 heavy (non-hydrogen) atoms. The van der Waals surface area contributed by atoms with Crippen molar-refractivity contribution in [1.82, 2.24) is 14.9 Å². The molecule has 0 spiro atoms. The van der Waals surface area contributed by atoms with Gasteiger partial charge in [0.25, 0.3) is 0 Å². The van der Waals surface area contributed by atoms with Gasteiger partial charge < -0.3 is 10.8 Å². The number of aromatic amines is 1. The third-order valence-corrected chi connectivity index (χ3v) is 6.82. The summed E-state index contributed by atoms with van der Waals surface area (Å²) in [5, 5.41) is 16.5. The van der Waals surface area contributed by atoms with Crippen LogP contribution in [0, 0.1) is 5.82 Å². The quantitative estimate of drug-likeness (QED) is 0.513. The van der Waals surface area contributed by atoms with Gasteiger partial charge in [-0.15, -0.1) is 0 Å². The van der Waals surface area contributed by atoms with Gasteiger partial charge in [0.15, 0.2) is 5.82 Å². The zero-order valence-electron chi connectivity index (χ0n) is 14.6. The summed E-state index contributed by atoms with van der Waals surface area (Å²) in [6, 6.07) is 6.70. The Balaban J connectivity index is 1.70. The summed E-state index contributed by atoms with van der Waals surface area (Å²) in [6.45, 7) is 0. The number of benzene rings is 2. The van der Waals surface area contributed by atoms with E-state index in [1.165, 1.54) is 24.3 Å². The fourth-order valence-corrected chi connectivity index (χ4v) is 5.21. The highest BCUT2D eigenvalue weighted by Gasteiger charge is 2.30. The molecule has 0 amide bonds. The van der Waals surface area contributed by atoms with Crippen LogP contribution in [0.15, 0.2) is 35.2 Å². The van der Waals surface area contributed by atoms with Crippen molar-refractivity contribution >= 4 is 38.3 Å². The predicted molar refractivity (Wildman–Crippen MR) is 105 cm³/mol. The zero-order chi connectivity index (χ0) is 20.1. The first kappa shape index (κ1) is 19.1. The van der Waals surface area contributed by atoms with E-state index in [2.05, 4.69) is 14.9 Å². The van der Waals surface area contributed by atoms with E-state index in [-0.39, 0.29) is 26.7 Å². The van der Waals surface area contributed by atoms with Crippen LogP contribution in [-0.2, 0) is 10.0 Å². The summed E-state index contributed by atoms with van der Waals surface area (Å²) in [5.41, 5.74) is 6.68. The van der Waals surface area contributed by atoms with Gasteiger partial charge in [0.05, 0.1) is 21.9 Å². The van der Waals surface area contributed by atoms with Gasteiger partial charge >= 0.3 is 0 Å². The van der Waals surface area contributed by atoms with Crippen LogP contribution in [-0.4, -0.2) is 35.9 Å². The van der Waals surface area contributed by atoms with E-state index >= 15 is 0 Å². The second kappa shape index (κ2) is 7.00. The van der Waals surface area contributed by atoms with Gasteiger partial charge in [-0.2, -0.15) is 5.10 Å². The number of halogens is 2. The van der Waals surface area contributed by atoms with Crippen molar-refractivity contribution in [2.75, 3.05) is 5.73 Å². The monoisotopic (exact) mass is 424 g/mol. The third kappa shape index (κ3) is 3.24. The molecule has 4 rings (SSSR count). The van der Waals surface area contributed by atoms with Gasteiger partial charge in [0, 0.05) is 22.2 Å². The molecule has 5 N–H and O–H groups in total. The topological polar surface area (TPSA) is 121 Å². The van der Waals surface area contributed by atoms with E-state index < -0.39 is 28.0 Å². The summed E-state index contributed by atoms with van der Waals surface area (Å²) in [6.07, 6.45) is 1.19. The van der Waals surface area contributed by atoms with Crippen molar-refractivity contribution in [1.29, 1.82) is 0 Å². The lowest BCUT2D eigenvalue weighted by molar-refractivity contribution is 0.159. The molecule has 1 fully saturated rings. The van der Waals surface area contributed by atoms with Crippen LogP contribution in [0.3, 0.4) is 0 Å². The Morgan fingerprint density at radius 1 is 1.25 bits per heavy atom. The Hall–Kier alpha value is -2.20. The largest absolute Gasteiger partial charge is 0.391 e. The first-order chi connectivity index (χ1) is 13.3. The van der Waals surface area contributed by atoms with E-state index in [9.17, 15) is 17.9 Å². The smallest absolute Gasteiger partial charge is 0.240 e. The van der Waals surface area contributed by atoms with Crippen molar-refractivity contribution in [3.8, 4) is 11.1 Å². The molecule has 2 aromatic carbocycles. The summed E-state index contributed by atoms with van der Waals surface area (Å²) in [4.78, 5) is -0.0512. The van der Waals surface area contributed by atoms with Crippen LogP contribution in [0.5, 0.6) is 0 Å². The average Bonchev–Trinajstić information content (AvgIpc) is 3.22. The van der Waals surface area contributed by atoms with Crippen molar-refractivity contribution < 1.29 is 17.9 Å². The number of rotatable bonds is 4. The Kier molecular flexibility index (Phi) is 4.78. The lowest BCUT2D eigenvalue weighted by Gasteiger charge is -2.17. The van der Waals surface area contributed by atoms with Crippen molar-refractivity contribution in [2.45, 2.75) is 36.3 Å². The molecule has 148 valence electrons. The summed E-state index contributed by atoms with van der Waals surface area (Å²) < 4.78 is 42.6. The molecule has 1 heterocycles. The Morgan fingerprint density at radius 2 is 2.00 bits per heavy atom. The van der Waals surface area contributed by atoms with Crippen LogP contribution in [0.1, 0.15) is 19.3 Å². The fraction of sp³-hybridized carbons (Fsp3) is 0.278. The number of nitrogen functional groups attached to an aromatic ring is 1. The van der Waals surface area contributed by atoms with Gasteiger partial charge in [-0.05, 0) is 43.5 Å². The summed E-state index contributed by atoms with van der Waals surface area (Å²) in [5.74, 6) is -0.558. The number of aromatic nitrogens is 2. The lowest BCUT2D eigenvalue weighted by atomic mass is 10.0. The van der Waals surface area contributed by atoms with Gasteiger partial charge in [-0.1, -0.05) is 17.7 Å². The number of anilines is 1. The van der Waals surface area contributed by atoms with Crippen molar-refractivity contribution in [3.63, 3.8) is 0 Å². The summed E-state index contributed by atoms with van der Waals surface area (Å²) in [7, 11) is -3.86. The zero-order valence-corrected chi connectivity index (χ0v) is 16.2. The third-order valence-electron chi connectivity index (χ3n) is 5.02. The minimum absolute atomic E-state index is 0.0315. The highest BCUT2D eigenvalue weighted by Crippen LogP contribution is 2.35. The number of hydrogen-bond acceptors (Lipinski definition) is 5. The average molecular weight is 425 g/mol. The SMILES string of the molecule is Nc1n[nH]c2ccc(-c3ccc(S(=O)(=O)NC4CCCC4O)cc3Cl)c(F)c12. The number of aliphatic hydroxyl groups is 1. The van der Waals surface area contributed by atoms with E-state index in [0.717, 1.165) is 6.42 Å². The molecular weight excluding hydrogens is 407 g/mol. The highest BCUT2D eigenvalue weighted by atomic mass is 35.5. The maximum Gasteiger partial charge on any atom is 0.240 e. The molecule has 1 aliphatic rings. The molecule has 0 bridgehead atoms. The van der Waals surface area contributed by atoms with Gasteiger partial charge in [0.1, 0.15) is 5.82 Å². The van der Waals surface area contributed by atoms with Crippen LogP contribution >= 0.6 is 11.6 Å². The Morgan fingerprint density at radius 3 is 2.68 bits per heavy atom. The second-order valence-electron chi connectivity index (χ2n) is 6.83. The maximum absolute atomic E-state index is 14.9. The maximum atomic E-state index is 14.9. The molecule has 0 saturated heterocycles. The first-order valence-electron chi connectivity index (χ1n) is 8.70. The lowest BCUT2D eigenvalue weighted by Crippen LogP contribution is -2.39. The first-order valence-corrected chi connectivity index (χ1v) is 10.6. The molecule has 2 atom stereocenters. The second-order valence-corrected chi connectivity index (χ2v) is 8.95. The molecule has 0 aliphatic heterocycles. The van der Waals surface area contributed by atoms with Gasteiger partial charge in [0.2, 0.25) is 10.0 Å². The predicted octanol–water partition coefficient (Wildman–Crippen LogP) is 2.80. The number of nitrogens with one attached hydrogen (secondary N) is 2. The van der Waals surface area contributed by atoms with Crippen LogP contribution < -0.4 is 10.5 Å². The molecule has 3 aromatic rings. The number of nitrogens with two attached hydrogens (primary N) is 1. The fourth-order valence-electron chi connectivity index (χ4n) is 3.53. The van der Waals surface area contributed by atoms with Gasteiger partial charge in [-0.3, -0.25) is 5.10 Å². The van der Waals surface area contributed by atoms with Gasteiger partial charge in [-0.25, -0.2) is 17.5 Å². The molecular formula is C18H18ClFN4O3S. The van der Waals surface area contributed by atoms with Crippen LogP contribution in [0.2, 0.25) is 5.02 Å². The normalized spacial score (nSPS) is 20.1.